The van der Waals surface area contributed by atoms with E-state index in [2.05, 4.69) is 5.32 Å². The Labute approximate surface area is 102 Å². The molecule has 94 valence electrons. The summed E-state index contributed by atoms with van der Waals surface area (Å²) in [6.45, 7) is 1.31. The van der Waals surface area contributed by atoms with Gasteiger partial charge in [-0.2, -0.15) is 13.2 Å². The SMILES string of the molecule is FC(F)(F)c1cc(Cl)ccc1[C@@H]1COCCN1. The summed E-state index contributed by atoms with van der Waals surface area (Å²) in [6, 6.07) is 3.38. The third kappa shape index (κ3) is 2.91. The molecule has 1 aromatic carbocycles. The number of benzene rings is 1. The molecule has 1 atom stereocenters. The lowest BCUT2D eigenvalue weighted by Crippen LogP contribution is -2.35. The van der Waals surface area contributed by atoms with Crippen LogP contribution in [0, 0.1) is 0 Å². The summed E-state index contributed by atoms with van der Waals surface area (Å²) in [4.78, 5) is 0. The van der Waals surface area contributed by atoms with Gasteiger partial charge < -0.3 is 10.1 Å². The Morgan fingerprint density at radius 3 is 2.71 bits per heavy atom. The highest BCUT2D eigenvalue weighted by molar-refractivity contribution is 6.30. The Bertz CT molecular complexity index is 402. The van der Waals surface area contributed by atoms with Crippen LogP contribution >= 0.6 is 11.6 Å². The van der Waals surface area contributed by atoms with Crippen LogP contribution in [0.15, 0.2) is 18.2 Å². The van der Waals surface area contributed by atoms with Crippen molar-refractivity contribution in [2.45, 2.75) is 12.2 Å². The number of nitrogens with one attached hydrogen (secondary N) is 1. The molecule has 6 heteroatoms. The Balaban J connectivity index is 2.38. The van der Waals surface area contributed by atoms with Crippen molar-refractivity contribution in [1.29, 1.82) is 0 Å². The van der Waals surface area contributed by atoms with Gasteiger partial charge in [-0.1, -0.05) is 17.7 Å². The van der Waals surface area contributed by atoms with E-state index in [-0.39, 0.29) is 17.2 Å². The molecule has 0 bridgehead atoms. The van der Waals surface area contributed by atoms with Crippen LogP contribution in [0.3, 0.4) is 0 Å². The fourth-order valence-electron chi connectivity index (χ4n) is 1.84. The molecule has 1 aromatic rings. The van der Waals surface area contributed by atoms with Crippen LogP contribution < -0.4 is 5.32 Å². The van der Waals surface area contributed by atoms with Gasteiger partial charge in [-0.3, -0.25) is 0 Å². The predicted molar refractivity (Wildman–Crippen MR) is 58.0 cm³/mol. The molecule has 0 saturated carbocycles. The number of hydrogen-bond donors (Lipinski definition) is 1. The molecule has 1 saturated heterocycles. The van der Waals surface area contributed by atoms with Crippen LogP contribution in [0.1, 0.15) is 17.2 Å². The zero-order chi connectivity index (χ0) is 12.5. The average Bonchev–Trinajstić information content (AvgIpc) is 2.29. The number of morpholine rings is 1. The second-order valence-corrected chi connectivity index (χ2v) is 4.25. The first-order valence-corrected chi connectivity index (χ1v) is 5.54. The summed E-state index contributed by atoms with van der Waals surface area (Å²) in [7, 11) is 0. The second kappa shape index (κ2) is 4.84. The van der Waals surface area contributed by atoms with E-state index in [4.69, 9.17) is 16.3 Å². The maximum Gasteiger partial charge on any atom is 0.416 e. The van der Waals surface area contributed by atoms with Crippen molar-refractivity contribution in [3.63, 3.8) is 0 Å². The van der Waals surface area contributed by atoms with Crippen LogP contribution in [-0.4, -0.2) is 19.8 Å². The third-order valence-electron chi connectivity index (χ3n) is 2.62. The van der Waals surface area contributed by atoms with Crippen LogP contribution in [0.5, 0.6) is 0 Å². The summed E-state index contributed by atoms with van der Waals surface area (Å²) >= 11 is 5.61. The normalized spacial score (nSPS) is 21.5. The van der Waals surface area contributed by atoms with Crippen molar-refractivity contribution < 1.29 is 17.9 Å². The number of ether oxygens (including phenoxy) is 1. The zero-order valence-corrected chi connectivity index (χ0v) is 9.61. The highest BCUT2D eigenvalue weighted by Gasteiger charge is 2.35. The molecule has 0 radical (unpaired) electrons. The summed E-state index contributed by atoms with van der Waals surface area (Å²) in [5.41, 5.74) is -0.519. The summed E-state index contributed by atoms with van der Waals surface area (Å²) in [5.74, 6) is 0. The fraction of sp³-hybridized carbons (Fsp3) is 0.455. The molecule has 0 unspecified atom stereocenters. The molecule has 2 nitrogen and oxygen atoms in total. The maximum absolute atomic E-state index is 12.9. The van der Waals surface area contributed by atoms with Crippen molar-refractivity contribution in [3.05, 3.63) is 34.3 Å². The molecule has 1 fully saturated rings. The fourth-order valence-corrected chi connectivity index (χ4v) is 2.02. The molecule has 2 rings (SSSR count). The zero-order valence-electron chi connectivity index (χ0n) is 8.85. The van der Waals surface area contributed by atoms with Gasteiger partial charge in [-0.05, 0) is 17.7 Å². The highest BCUT2D eigenvalue weighted by atomic mass is 35.5. The topological polar surface area (TPSA) is 21.3 Å². The van der Waals surface area contributed by atoms with Gasteiger partial charge in [0.1, 0.15) is 0 Å². The number of halogens is 4. The molecule has 1 aliphatic heterocycles. The van der Waals surface area contributed by atoms with Gasteiger partial charge in [-0.15, -0.1) is 0 Å². The van der Waals surface area contributed by atoms with Crippen molar-refractivity contribution in [2.75, 3.05) is 19.8 Å². The molecular formula is C11H11ClF3NO. The smallest absolute Gasteiger partial charge is 0.378 e. The van der Waals surface area contributed by atoms with Gasteiger partial charge in [0.25, 0.3) is 0 Å². The van der Waals surface area contributed by atoms with Gasteiger partial charge in [0, 0.05) is 11.6 Å². The van der Waals surface area contributed by atoms with E-state index < -0.39 is 17.8 Å². The lowest BCUT2D eigenvalue weighted by atomic mass is 9.99. The van der Waals surface area contributed by atoms with Gasteiger partial charge >= 0.3 is 6.18 Å². The quantitative estimate of drug-likeness (QED) is 0.843. The molecule has 1 heterocycles. The van der Waals surface area contributed by atoms with Crippen LogP contribution in [0.4, 0.5) is 13.2 Å². The van der Waals surface area contributed by atoms with Crippen LogP contribution in [0.25, 0.3) is 0 Å². The Kier molecular flexibility index (Phi) is 3.61. The van der Waals surface area contributed by atoms with Crippen molar-refractivity contribution >= 4 is 11.6 Å². The van der Waals surface area contributed by atoms with Gasteiger partial charge in [0.05, 0.1) is 24.8 Å². The van der Waals surface area contributed by atoms with Crippen LogP contribution in [-0.2, 0) is 10.9 Å². The van der Waals surface area contributed by atoms with Crippen molar-refractivity contribution in [1.82, 2.24) is 5.32 Å². The molecule has 0 aromatic heterocycles. The van der Waals surface area contributed by atoms with E-state index in [0.717, 1.165) is 6.07 Å². The predicted octanol–water partition coefficient (Wildman–Crippen LogP) is 3.02. The maximum atomic E-state index is 12.9. The molecule has 0 aliphatic carbocycles. The third-order valence-corrected chi connectivity index (χ3v) is 2.85. The summed E-state index contributed by atoms with van der Waals surface area (Å²) < 4.78 is 43.7. The number of alkyl halides is 3. The Hall–Kier alpha value is -0.780. The second-order valence-electron chi connectivity index (χ2n) is 3.81. The van der Waals surface area contributed by atoms with E-state index in [9.17, 15) is 13.2 Å². The molecule has 17 heavy (non-hydrogen) atoms. The van der Waals surface area contributed by atoms with E-state index in [1.165, 1.54) is 12.1 Å². The monoisotopic (exact) mass is 265 g/mol. The summed E-state index contributed by atoms with van der Waals surface area (Å²) in [5, 5.41) is 3.08. The first-order valence-electron chi connectivity index (χ1n) is 5.16. The number of rotatable bonds is 1. The first kappa shape index (κ1) is 12.7. The van der Waals surface area contributed by atoms with Gasteiger partial charge in [0.15, 0.2) is 0 Å². The highest BCUT2D eigenvalue weighted by Crippen LogP contribution is 2.36. The Morgan fingerprint density at radius 2 is 2.12 bits per heavy atom. The minimum Gasteiger partial charge on any atom is -0.378 e. The van der Waals surface area contributed by atoms with E-state index in [1.807, 2.05) is 0 Å². The number of hydrogen-bond acceptors (Lipinski definition) is 2. The van der Waals surface area contributed by atoms with E-state index >= 15 is 0 Å². The van der Waals surface area contributed by atoms with E-state index in [0.29, 0.717) is 13.2 Å². The van der Waals surface area contributed by atoms with E-state index in [1.54, 1.807) is 0 Å². The van der Waals surface area contributed by atoms with Gasteiger partial charge in [-0.25, -0.2) is 0 Å². The van der Waals surface area contributed by atoms with Crippen LogP contribution in [0.2, 0.25) is 5.02 Å². The summed E-state index contributed by atoms with van der Waals surface area (Å²) in [6.07, 6.45) is -4.40. The Morgan fingerprint density at radius 1 is 1.35 bits per heavy atom. The lowest BCUT2D eigenvalue weighted by Gasteiger charge is -2.26. The minimum absolute atomic E-state index is 0.0813. The molecule has 0 amide bonds. The van der Waals surface area contributed by atoms with Crippen molar-refractivity contribution in [3.8, 4) is 0 Å². The minimum atomic E-state index is -4.40. The van der Waals surface area contributed by atoms with Crippen molar-refractivity contribution in [2.24, 2.45) is 0 Å². The molecule has 1 N–H and O–H groups in total. The largest absolute Gasteiger partial charge is 0.416 e. The van der Waals surface area contributed by atoms with Gasteiger partial charge in [0.2, 0.25) is 0 Å². The first-order chi connectivity index (χ1) is 7.98. The lowest BCUT2D eigenvalue weighted by molar-refractivity contribution is -0.138. The molecular weight excluding hydrogens is 255 g/mol. The molecule has 0 spiro atoms. The molecule has 1 aliphatic rings. The average molecular weight is 266 g/mol. The standard InChI is InChI=1S/C11H11ClF3NO/c12-7-1-2-8(9(5-7)11(13,14)15)10-6-17-4-3-16-10/h1-2,5,10,16H,3-4,6H2/t10-/m0/s1.